The summed E-state index contributed by atoms with van der Waals surface area (Å²) >= 11 is 0. The summed E-state index contributed by atoms with van der Waals surface area (Å²) in [5.41, 5.74) is 1.08. The molecule has 0 aromatic heterocycles. The molecule has 0 spiro atoms. The molecule has 7 heteroatoms. The zero-order valence-electron chi connectivity index (χ0n) is 16.0. The Labute approximate surface area is 165 Å². The SMILES string of the molecule is Cc1cc(S(=O)(=O)Nc2ccc(C(=O)NC3CCCC(C)C3)cc2)ccc1F. The van der Waals surface area contributed by atoms with Gasteiger partial charge >= 0.3 is 0 Å². The van der Waals surface area contributed by atoms with Gasteiger partial charge in [-0.05, 0) is 73.7 Å². The van der Waals surface area contributed by atoms with Crippen molar-refractivity contribution >= 4 is 21.6 Å². The monoisotopic (exact) mass is 404 g/mol. The Morgan fingerprint density at radius 1 is 1.11 bits per heavy atom. The quantitative estimate of drug-likeness (QED) is 0.783. The van der Waals surface area contributed by atoms with E-state index in [2.05, 4.69) is 17.0 Å². The van der Waals surface area contributed by atoms with Gasteiger partial charge in [0.15, 0.2) is 0 Å². The van der Waals surface area contributed by atoms with Gasteiger partial charge in [0.1, 0.15) is 5.82 Å². The first-order chi connectivity index (χ1) is 13.2. The first-order valence-electron chi connectivity index (χ1n) is 9.44. The minimum Gasteiger partial charge on any atom is -0.349 e. The van der Waals surface area contributed by atoms with Crippen LogP contribution in [0.3, 0.4) is 0 Å². The molecule has 2 atom stereocenters. The number of anilines is 1. The molecule has 1 fully saturated rings. The summed E-state index contributed by atoms with van der Waals surface area (Å²) in [7, 11) is -3.83. The van der Waals surface area contributed by atoms with Crippen molar-refractivity contribution in [3.05, 3.63) is 59.4 Å². The second-order valence-electron chi connectivity index (χ2n) is 7.54. The highest BCUT2D eigenvalue weighted by Crippen LogP contribution is 2.24. The van der Waals surface area contributed by atoms with Crippen molar-refractivity contribution in [2.45, 2.75) is 50.5 Å². The van der Waals surface area contributed by atoms with Gasteiger partial charge < -0.3 is 5.32 Å². The fraction of sp³-hybridized carbons (Fsp3) is 0.381. The van der Waals surface area contributed by atoms with E-state index in [-0.39, 0.29) is 22.4 Å². The number of carbonyl (C=O) groups excluding carboxylic acids is 1. The summed E-state index contributed by atoms with van der Waals surface area (Å²) in [5, 5.41) is 3.06. The van der Waals surface area contributed by atoms with Crippen molar-refractivity contribution < 1.29 is 17.6 Å². The van der Waals surface area contributed by atoms with Crippen LogP contribution in [0.25, 0.3) is 0 Å². The van der Waals surface area contributed by atoms with Crippen LogP contribution in [0.2, 0.25) is 0 Å². The Morgan fingerprint density at radius 3 is 2.46 bits per heavy atom. The molecular weight excluding hydrogens is 379 g/mol. The third-order valence-electron chi connectivity index (χ3n) is 5.11. The van der Waals surface area contributed by atoms with Crippen LogP contribution in [0.4, 0.5) is 10.1 Å². The number of benzene rings is 2. The fourth-order valence-corrected chi connectivity index (χ4v) is 4.67. The fourth-order valence-electron chi connectivity index (χ4n) is 3.52. The molecule has 0 aliphatic heterocycles. The van der Waals surface area contributed by atoms with Crippen molar-refractivity contribution in [1.29, 1.82) is 0 Å². The molecule has 1 aliphatic rings. The van der Waals surface area contributed by atoms with E-state index in [4.69, 9.17) is 0 Å². The van der Waals surface area contributed by atoms with E-state index >= 15 is 0 Å². The molecule has 5 nitrogen and oxygen atoms in total. The summed E-state index contributed by atoms with van der Waals surface area (Å²) in [5.74, 6) is 0.00951. The third-order valence-corrected chi connectivity index (χ3v) is 6.49. The van der Waals surface area contributed by atoms with Crippen LogP contribution in [0.1, 0.15) is 48.5 Å². The van der Waals surface area contributed by atoms with E-state index < -0.39 is 15.8 Å². The van der Waals surface area contributed by atoms with Crippen molar-refractivity contribution in [3.63, 3.8) is 0 Å². The molecule has 0 saturated heterocycles. The molecule has 0 bridgehead atoms. The van der Waals surface area contributed by atoms with Crippen LogP contribution in [0.5, 0.6) is 0 Å². The minimum absolute atomic E-state index is 0.0142. The lowest BCUT2D eigenvalue weighted by Gasteiger charge is -2.27. The smallest absolute Gasteiger partial charge is 0.261 e. The summed E-state index contributed by atoms with van der Waals surface area (Å²) in [6.07, 6.45) is 4.30. The Hall–Kier alpha value is -2.41. The highest BCUT2D eigenvalue weighted by Gasteiger charge is 2.21. The van der Waals surface area contributed by atoms with Crippen molar-refractivity contribution in [2.24, 2.45) is 5.92 Å². The molecule has 2 aromatic carbocycles. The number of hydrogen-bond acceptors (Lipinski definition) is 3. The Balaban J connectivity index is 1.66. The zero-order valence-corrected chi connectivity index (χ0v) is 16.9. The Kier molecular flexibility index (Phi) is 6.03. The van der Waals surface area contributed by atoms with Gasteiger partial charge in [-0.1, -0.05) is 19.8 Å². The van der Waals surface area contributed by atoms with Crippen LogP contribution in [-0.4, -0.2) is 20.4 Å². The van der Waals surface area contributed by atoms with Gasteiger partial charge in [-0.2, -0.15) is 0 Å². The average molecular weight is 405 g/mol. The molecule has 3 rings (SSSR count). The summed E-state index contributed by atoms with van der Waals surface area (Å²) < 4.78 is 40.8. The molecule has 150 valence electrons. The molecular formula is C21H25FN2O3S. The molecule has 28 heavy (non-hydrogen) atoms. The Bertz CT molecular complexity index is 958. The zero-order chi connectivity index (χ0) is 20.3. The minimum atomic E-state index is -3.83. The van der Waals surface area contributed by atoms with Gasteiger partial charge in [0.05, 0.1) is 4.90 Å². The highest BCUT2D eigenvalue weighted by atomic mass is 32.2. The number of nitrogens with one attached hydrogen (secondary N) is 2. The predicted octanol–water partition coefficient (Wildman–Crippen LogP) is 4.24. The molecule has 1 aliphatic carbocycles. The van der Waals surface area contributed by atoms with Crippen molar-refractivity contribution in [3.8, 4) is 0 Å². The maximum Gasteiger partial charge on any atom is 0.261 e. The molecule has 2 unspecified atom stereocenters. The lowest BCUT2D eigenvalue weighted by Crippen LogP contribution is -2.37. The number of sulfonamides is 1. The number of carbonyl (C=O) groups is 1. The summed E-state index contributed by atoms with van der Waals surface area (Å²) in [6, 6.07) is 10.1. The maximum atomic E-state index is 13.4. The average Bonchev–Trinajstić information content (AvgIpc) is 2.64. The van der Waals surface area contributed by atoms with Crippen molar-refractivity contribution in [2.75, 3.05) is 4.72 Å². The molecule has 1 amide bonds. The van der Waals surface area contributed by atoms with Gasteiger partial charge in [0.2, 0.25) is 0 Å². The third kappa shape index (κ3) is 4.90. The predicted molar refractivity (Wildman–Crippen MR) is 107 cm³/mol. The van der Waals surface area contributed by atoms with E-state index in [0.717, 1.165) is 25.3 Å². The van der Waals surface area contributed by atoms with Gasteiger partial charge in [-0.15, -0.1) is 0 Å². The lowest BCUT2D eigenvalue weighted by molar-refractivity contribution is 0.0921. The van der Waals surface area contributed by atoms with Crippen LogP contribution >= 0.6 is 0 Å². The van der Waals surface area contributed by atoms with E-state index in [1.165, 1.54) is 25.5 Å². The highest BCUT2D eigenvalue weighted by molar-refractivity contribution is 7.92. The van der Waals surface area contributed by atoms with Gasteiger partial charge in [0.25, 0.3) is 15.9 Å². The summed E-state index contributed by atoms with van der Waals surface area (Å²) in [6.45, 7) is 3.71. The second-order valence-corrected chi connectivity index (χ2v) is 9.22. The first kappa shape index (κ1) is 20.3. The maximum absolute atomic E-state index is 13.4. The van der Waals surface area contributed by atoms with E-state index in [0.29, 0.717) is 17.2 Å². The molecule has 0 radical (unpaired) electrons. The van der Waals surface area contributed by atoms with E-state index in [1.807, 2.05) is 0 Å². The Morgan fingerprint density at radius 2 is 1.82 bits per heavy atom. The number of hydrogen-bond donors (Lipinski definition) is 2. The number of amides is 1. The second kappa shape index (κ2) is 8.31. The molecule has 2 aromatic rings. The van der Waals surface area contributed by atoms with Crippen LogP contribution in [0, 0.1) is 18.7 Å². The number of rotatable bonds is 5. The molecule has 2 N–H and O–H groups in total. The lowest BCUT2D eigenvalue weighted by atomic mass is 9.87. The van der Waals surface area contributed by atoms with Gasteiger partial charge in [0, 0.05) is 17.3 Å². The number of aryl methyl sites for hydroxylation is 1. The number of halogens is 1. The summed E-state index contributed by atoms with van der Waals surface area (Å²) in [4.78, 5) is 12.4. The topological polar surface area (TPSA) is 75.3 Å². The van der Waals surface area contributed by atoms with Crippen LogP contribution in [0.15, 0.2) is 47.4 Å². The van der Waals surface area contributed by atoms with E-state index in [1.54, 1.807) is 24.3 Å². The van der Waals surface area contributed by atoms with E-state index in [9.17, 15) is 17.6 Å². The normalized spacial score (nSPS) is 19.8. The van der Waals surface area contributed by atoms with Gasteiger partial charge in [-0.25, -0.2) is 12.8 Å². The van der Waals surface area contributed by atoms with Crippen LogP contribution < -0.4 is 10.0 Å². The largest absolute Gasteiger partial charge is 0.349 e. The first-order valence-corrected chi connectivity index (χ1v) is 10.9. The van der Waals surface area contributed by atoms with Crippen LogP contribution in [-0.2, 0) is 10.0 Å². The molecule has 1 saturated carbocycles. The molecule has 0 heterocycles. The van der Waals surface area contributed by atoms with Crippen molar-refractivity contribution in [1.82, 2.24) is 5.32 Å². The van der Waals surface area contributed by atoms with Gasteiger partial charge in [-0.3, -0.25) is 9.52 Å². The standard InChI is InChI=1S/C21H25FN2O3S/c1-14-4-3-5-18(12-14)23-21(25)16-6-8-17(9-7-16)24-28(26,27)19-10-11-20(22)15(2)13-19/h6-11,13-14,18,24H,3-5,12H2,1-2H3,(H,23,25).